The Kier molecular flexibility index (Phi) is 5.61. The van der Waals surface area contributed by atoms with Crippen LogP contribution < -0.4 is 5.56 Å². The number of nitrogens with zero attached hydrogens (tertiary/aromatic N) is 2. The first kappa shape index (κ1) is 18.2. The third kappa shape index (κ3) is 3.81. The van der Waals surface area contributed by atoms with Gasteiger partial charge in [-0.1, -0.05) is 30.3 Å². The van der Waals surface area contributed by atoms with Gasteiger partial charge in [0.05, 0.1) is 11.3 Å². The lowest BCUT2D eigenvalue weighted by atomic mass is 10.1. The number of thiophene rings is 1. The van der Waals surface area contributed by atoms with Crippen LogP contribution in [0.1, 0.15) is 36.7 Å². The monoisotopic (exact) mass is 392 g/mol. The Morgan fingerprint density at radius 3 is 2.72 bits per heavy atom. The summed E-state index contributed by atoms with van der Waals surface area (Å²) in [6, 6.07) is 8.69. The number of hydrogen-bond acceptors (Lipinski definition) is 5. The summed E-state index contributed by atoms with van der Waals surface area (Å²) in [6.07, 6.45) is 0.817. The van der Waals surface area contributed by atoms with Gasteiger partial charge in [-0.2, -0.15) is 0 Å². The summed E-state index contributed by atoms with van der Waals surface area (Å²) in [5, 5.41) is 3.06. The Morgan fingerprint density at radius 1 is 1.32 bits per heavy atom. The summed E-state index contributed by atoms with van der Waals surface area (Å²) >= 11 is 8.57. The quantitative estimate of drug-likeness (QED) is 0.334. The first-order valence-electron chi connectivity index (χ1n) is 7.92. The van der Waals surface area contributed by atoms with Crippen molar-refractivity contribution in [2.75, 3.05) is 5.75 Å². The fourth-order valence-corrected chi connectivity index (χ4v) is 4.31. The molecule has 3 rings (SSSR count). The summed E-state index contributed by atoms with van der Waals surface area (Å²) in [4.78, 5) is 29.8. The van der Waals surface area contributed by atoms with Crippen LogP contribution in [0.25, 0.3) is 10.2 Å². The lowest BCUT2D eigenvalue weighted by molar-refractivity contribution is 0.102. The van der Waals surface area contributed by atoms with Gasteiger partial charge >= 0.3 is 0 Å². The average Bonchev–Trinajstić information content (AvgIpc) is 3.08. The van der Waals surface area contributed by atoms with E-state index in [1.165, 1.54) is 23.1 Å². The molecule has 2 heterocycles. The van der Waals surface area contributed by atoms with Gasteiger partial charge in [0.25, 0.3) is 5.56 Å². The van der Waals surface area contributed by atoms with Gasteiger partial charge in [0.15, 0.2) is 10.9 Å². The van der Waals surface area contributed by atoms with Crippen LogP contribution in [0.15, 0.2) is 45.7 Å². The van der Waals surface area contributed by atoms with E-state index >= 15 is 0 Å². The van der Waals surface area contributed by atoms with Crippen LogP contribution in [-0.2, 0) is 0 Å². The SMILES string of the molecule is CC[C@H](C)n1c(SCC(=O)c2ccc(Cl)cc2)nc2ccsc2c1=O. The molecule has 0 unspecified atom stereocenters. The molecule has 0 amide bonds. The molecular weight excluding hydrogens is 376 g/mol. The summed E-state index contributed by atoms with van der Waals surface area (Å²) in [5.74, 6) is 0.206. The molecule has 0 N–H and O–H groups in total. The van der Waals surface area contributed by atoms with Gasteiger partial charge in [0.2, 0.25) is 0 Å². The maximum Gasteiger partial charge on any atom is 0.272 e. The highest BCUT2D eigenvalue weighted by atomic mass is 35.5. The number of halogens is 1. The first-order chi connectivity index (χ1) is 12.0. The third-order valence-corrected chi connectivity index (χ3v) is 6.11. The average molecular weight is 393 g/mol. The van der Waals surface area contributed by atoms with Crippen LogP contribution in [0.4, 0.5) is 0 Å². The van der Waals surface area contributed by atoms with Gasteiger partial charge in [0.1, 0.15) is 4.70 Å². The van der Waals surface area contributed by atoms with E-state index in [-0.39, 0.29) is 23.1 Å². The van der Waals surface area contributed by atoms with E-state index in [2.05, 4.69) is 4.98 Å². The molecular formula is C18H17ClN2O2S2. The van der Waals surface area contributed by atoms with Crippen molar-refractivity contribution < 1.29 is 4.79 Å². The number of rotatable bonds is 6. The molecule has 0 spiro atoms. The number of carbonyl (C=O) groups excluding carboxylic acids is 1. The van der Waals surface area contributed by atoms with Gasteiger partial charge in [-0.3, -0.25) is 14.2 Å². The van der Waals surface area contributed by atoms with E-state index in [1.807, 2.05) is 25.3 Å². The molecule has 130 valence electrons. The highest BCUT2D eigenvalue weighted by Gasteiger charge is 2.17. The smallest absolute Gasteiger partial charge is 0.272 e. The van der Waals surface area contributed by atoms with Gasteiger partial charge in [0, 0.05) is 16.6 Å². The van der Waals surface area contributed by atoms with Crippen molar-refractivity contribution in [2.45, 2.75) is 31.5 Å². The van der Waals surface area contributed by atoms with Gasteiger partial charge in [-0.25, -0.2) is 4.98 Å². The fraction of sp³-hybridized carbons (Fsp3) is 0.278. The van der Waals surface area contributed by atoms with E-state index in [0.29, 0.717) is 26.0 Å². The molecule has 0 aliphatic carbocycles. The number of hydrogen-bond donors (Lipinski definition) is 0. The van der Waals surface area contributed by atoms with E-state index in [1.54, 1.807) is 28.8 Å². The molecule has 0 bridgehead atoms. The predicted octanol–water partition coefficient (Wildman–Crippen LogP) is 5.06. The molecule has 0 saturated heterocycles. The minimum Gasteiger partial charge on any atom is -0.293 e. The van der Waals surface area contributed by atoms with Crippen LogP contribution in [-0.4, -0.2) is 21.1 Å². The van der Waals surface area contributed by atoms with E-state index in [9.17, 15) is 9.59 Å². The third-order valence-electron chi connectivity index (χ3n) is 4.01. The summed E-state index contributed by atoms with van der Waals surface area (Å²) in [7, 11) is 0. The molecule has 25 heavy (non-hydrogen) atoms. The fourth-order valence-electron chi connectivity index (χ4n) is 2.43. The van der Waals surface area contributed by atoms with Crippen LogP contribution in [0.3, 0.4) is 0 Å². The molecule has 0 aliphatic rings. The topological polar surface area (TPSA) is 52.0 Å². The lowest BCUT2D eigenvalue weighted by Gasteiger charge is -2.17. The molecule has 4 nitrogen and oxygen atoms in total. The van der Waals surface area contributed by atoms with Crippen molar-refractivity contribution in [3.63, 3.8) is 0 Å². The minimum atomic E-state index is -0.0317. The number of fused-ring (bicyclic) bond motifs is 1. The highest BCUT2D eigenvalue weighted by Crippen LogP contribution is 2.25. The lowest BCUT2D eigenvalue weighted by Crippen LogP contribution is -2.25. The minimum absolute atomic E-state index is 0.0166. The van der Waals surface area contributed by atoms with Crippen molar-refractivity contribution in [1.82, 2.24) is 9.55 Å². The number of carbonyl (C=O) groups is 1. The van der Waals surface area contributed by atoms with E-state index in [0.717, 1.165) is 6.42 Å². The molecule has 0 fully saturated rings. The maximum absolute atomic E-state index is 12.8. The Balaban J connectivity index is 1.91. The van der Waals surface area contributed by atoms with Gasteiger partial charge < -0.3 is 0 Å². The van der Waals surface area contributed by atoms with E-state index in [4.69, 9.17) is 11.6 Å². The standard InChI is InChI=1S/C18H17ClN2O2S2/c1-3-11(2)21-17(23)16-14(8-9-24-16)20-18(21)25-10-15(22)12-4-6-13(19)7-5-12/h4-9,11H,3,10H2,1-2H3/t11-/m0/s1. The largest absolute Gasteiger partial charge is 0.293 e. The van der Waals surface area contributed by atoms with E-state index < -0.39 is 0 Å². The molecule has 3 aromatic rings. The number of benzene rings is 1. The first-order valence-corrected chi connectivity index (χ1v) is 10.2. The van der Waals surface area contributed by atoms with Crippen molar-refractivity contribution in [2.24, 2.45) is 0 Å². The summed E-state index contributed by atoms with van der Waals surface area (Å²) in [5.41, 5.74) is 1.26. The van der Waals surface area contributed by atoms with Crippen molar-refractivity contribution in [3.05, 3.63) is 56.7 Å². The summed E-state index contributed by atoms with van der Waals surface area (Å²) in [6.45, 7) is 4.02. The van der Waals surface area contributed by atoms with Crippen LogP contribution in [0.5, 0.6) is 0 Å². The number of ketones is 1. The summed E-state index contributed by atoms with van der Waals surface area (Å²) < 4.78 is 2.37. The zero-order valence-corrected chi connectivity index (χ0v) is 16.2. The second-order valence-electron chi connectivity index (χ2n) is 5.68. The Bertz CT molecular complexity index is 963. The van der Waals surface area contributed by atoms with Crippen molar-refractivity contribution >= 4 is 50.7 Å². The Morgan fingerprint density at radius 2 is 2.04 bits per heavy atom. The second kappa shape index (κ2) is 7.72. The van der Waals surface area contributed by atoms with Gasteiger partial charge in [-0.15, -0.1) is 11.3 Å². The predicted molar refractivity (Wildman–Crippen MR) is 105 cm³/mol. The molecule has 1 atom stereocenters. The van der Waals surface area contributed by atoms with Gasteiger partial charge in [-0.05, 0) is 49.1 Å². The molecule has 2 aromatic heterocycles. The Hall–Kier alpha value is -1.63. The molecule has 0 radical (unpaired) electrons. The maximum atomic E-state index is 12.8. The van der Waals surface area contributed by atoms with Crippen molar-refractivity contribution in [3.8, 4) is 0 Å². The van der Waals surface area contributed by atoms with Crippen molar-refractivity contribution in [1.29, 1.82) is 0 Å². The zero-order valence-electron chi connectivity index (χ0n) is 13.9. The van der Waals surface area contributed by atoms with Crippen LogP contribution in [0, 0.1) is 0 Å². The molecule has 1 aromatic carbocycles. The van der Waals surface area contributed by atoms with Crippen LogP contribution >= 0.6 is 34.7 Å². The van der Waals surface area contributed by atoms with Crippen LogP contribution in [0.2, 0.25) is 5.02 Å². The Labute approximate surface area is 158 Å². The number of thioether (sulfide) groups is 1. The number of aromatic nitrogens is 2. The molecule has 0 aliphatic heterocycles. The highest BCUT2D eigenvalue weighted by molar-refractivity contribution is 7.99. The second-order valence-corrected chi connectivity index (χ2v) is 7.98. The molecule has 7 heteroatoms. The zero-order chi connectivity index (χ0) is 18.0. The normalized spacial score (nSPS) is 12.4. The number of Topliss-reactive ketones (excluding diaryl/α,β-unsaturated/α-hetero) is 1. The molecule has 0 saturated carbocycles.